The lowest BCUT2D eigenvalue weighted by molar-refractivity contribution is -0.0642. The van der Waals surface area contributed by atoms with E-state index in [4.69, 9.17) is 4.74 Å². The van der Waals surface area contributed by atoms with E-state index in [2.05, 4.69) is 26.8 Å². The Kier molecular flexibility index (Phi) is 2.27. The predicted octanol–water partition coefficient (Wildman–Crippen LogP) is 3.94. The third-order valence-corrected chi connectivity index (χ3v) is 5.34. The number of epoxide rings is 1. The van der Waals surface area contributed by atoms with Crippen LogP contribution in [0.5, 0.6) is 0 Å². The minimum atomic E-state index is 0.307. The standard InChI is InChI=1S/C15H24O/c1-11-5-4-8-15(10-16-15)13-9-14(2,3)12(13)7-6-11/h5,12-13H,4,6-10H2,1-3H3/b11-5+/t12-,13+,15+/m1/s1. The minimum absolute atomic E-state index is 0.307. The minimum Gasteiger partial charge on any atom is -0.369 e. The van der Waals surface area contributed by atoms with Crippen LogP contribution < -0.4 is 0 Å². The third-order valence-electron chi connectivity index (χ3n) is 5.34. The van der Waals surface area contributed by atoms with Crippen molar-refractivity contribution >= 4 is 0 Å². The van der Waals surface area contributed by atoms with E-state index in [1.165, 1.54) is 32.1 Å². The zero-order valence-electron chi connectivity index (χ0n) is 10.9. The predicted molar refractivity (Wildman–Crippen MR) is 66.3 cm³/mol. The van der Waals surface area contributed by atoms with Crippen molar-refractivity contribution in [2.75, 3.05) is 6.61 Å². The molecule has 3 rings (SSSR count). The van der Waals surface area contributed by atoms with Crippen molar-refractivity contribution < 1.29 is 4.74 Å². The van der Waals surface area contributed by atoms with Crippen LogP contribution in [-0.2, 0) is 4.74 Å². The molecule has 2 aliphatic carbocycles. The Balaban J connectivity index is 1.82. The maximum absolute atomic E-state index is 5.86. The van der Waals surface area contributed by atoms with Gasteiger partial charge in [0.15, 0.2) is 0 Å². The number of hydrogen-bond donors (Lipinski definition) is 0. The summed E-state index contributed by atoms with van der Waals surface area (Å²) >= 11 is 0. The second-order valence-corrected chi connectivity index (χ2v) is 6.89. The molecule has 1 saturated carbocycles. The summed E-state index contributed by atoms with van der Waals surface area (Å²) in [6.07, 6.45) is 9.01. The lowest BCUT2D eigenvalue weighted by Crippen LogP contribution is -2.50. The highest BCUT2D eigenvalue weighted by Crippen LogP contribution is 2.62. The maximum atomic E-state index is 5.86. The monoisotopic (exact) mass is 220 g/mol. The van der Waals surface area contributed by atoms with Crippen LogP contribution in [0.2, 0.25) is 0 Å². The fourth-order valence-corrected chi connectivity index (χ4v) is 4.07. The van der Waals surface area contributed by atoms with Gasteiger partial charge in [0.2, 0.25) is 0 Å². The molecule has 0 unspecified atom stereocenters. The van der Waals surface area contributed by atoms with E-state index in [9.17, 15) is 0 Å². The molecule has 0 aromatic carbocycles. The van der Waals surface area contributed by atoms with E-state index in [0.29, 0.717) is 11.0 Å². The summed E-state index contributed by atoms with van der Waals surface area (Å²) in [4.78, 5) is 0. The van der Waals surface area contributed by atoms with Gasteiger partial charge in [-0.2, -0.15) is 0 Å². The molecular weight excluding hydrogens is 196 g/mol. The quantitative estimate of drug-likeness (QED) is 0.445. The molecule has 16 heavy (non-hydrogen) atoms. The van der Waals surface area contributed by atoms with Gasteiger partial charge in [0.25, 0.3) is 0 Å². The lowest BCUT2D eigenvalue weighted by atomic mass is 9.50. The van der Waals surface area contributed by atoms with Gasteiger partial charge in [-0.05, 0) is 56.3 Å². The number of ether oxygens (including phenoxy) is 1. The zero-order valence-corrected chi connectivity index (χ0v) is 10.9. The van der Waals surface area contributed by atoms with E-state index in [1.54, 1.807) is 5.57 Å². The first-order valence-electron chi connectivity index (χ1n) is 6.83. The molecule has 3 aliphatic rings. The fraction of sp³-hybridized carbons (Fsp3) is 0.867. The summed E-state index contributed by atoms with van der Waals surface area (Å²) in [6.45, 7) is 8.23. The van der Waals surface area contributed by atoms with E-state index in [0.717, 1.165) is 18.4 Å². The van der Waals surface area contributed by atoms with Gasteiger partial charge in [-0.25, -0.2) is 0 Å². The molecule has 1 saturated heterocycles. The number of rotatable bonds is 0. The average molecular weight is 220 g/mol. The van der Waals surface area contributed by atoms with Gasteiger partial charge in [-0.15, -0.1) is 0 Å². The summed E-state index contributed by atoms with van der Waals surface area (Å²) in [5.41, 5.74) is 2.47. The van der Waals surface area contributed by atoms with Crippen molar-refractivity contribution in [2.24, 2.45) is 17.3 Å². The molecule has 3 atom stereocenters. The van der Waals surface area contributed by atoms with Crippen LogP contribution in [-0.4, -0.2) is 12.2 Å². The Morgan fingerprint density at radius 1 is 1.31 bits per heavy atom. The van der Waals surface area contributed by atoms with Crippen LogP contribution in [0.15, 0.2) is 11.6 Å². The first-order chi connectivity index (χ1) is 7.54. The summed E-state index contributed by atoms with van der Waals surface area (Å²) < 4.78 is 5.86. The van der Waals surface area contributed by atoms with Gasteiger partial charge in [0, 0.05) is 0 Å². The summed E-state index contributed by atoms with van der Waals surface area (Å²) in [7, 11) is 0. The van der Waals surface area contributed by atoms with Crippen molar-refractivity contribution in [3.63, 3.8) is 0 Å². The highest BCUT2D eigenvalue weighted by atomic mass is 16.6. The Labute approximate surface area is 99.3 Å². The molecule has 1 heteroatoms. The number of allylic oxidation sites excluding steroid dienone is 2. The summed E-state index contributed by atoms with van der Waals surface area (Å²) in [5, 5.41) is 0. The second kappa shape index (κ2) is 3.35. The summed E-state index contributed by atoms with van der Waals surface area (Å²) in [5.74, 6) is 1.76. The molecule has 0 aromatic rings. The smallest absolute Gasteiger partial charge is 0.0950 e. The van der Waals surface area contributed by atoms with Crippen molar-refractivity contribution in [3.05, 3.63) is 11.6 Å². The van der Waals surface area contributed by atoms with Crippen LogP contribution in [0, 0.1) is 17.3 Å². The fourth-order valence-electron chi connectivity index (χ4n) is 4.07. The van der Waals surface area contributed by atoms with Gasteiger partial charge in [-0.3, -0.25) is 0 Å². The molecule has 0 N–H and O–H groups in total. The van der Waals surface area contributed by atoms with Gasteiger partial charge < -0.3 is 4.74 Å². The van der Waals surface area contributed by atoms with E-state index < -0.39 is 0 Å². The lowest BCUT2D eigenvalue weighted by Gasteiger charge is -2.54. The highest BCUT2D eigenvalue weighted by molar-refractivity contribution is 5.13. The third kappa shape index (κ3) is 1.55. The van der Waals surface area contributed by atoms with E-state index >= 15 is 0 Å². The molecule has 90 valence electrons. The van der Waals surface area contributed by atoms with E-state index in [-0.39, 0.29) is 0 Å². The van der Waals surface area contributed by atoms with Crippen molar-refractivity contribution in [2.45, 2.75) is 58.5 Å². The molecule has 1 heterocycles. The van der Waals surface area contributed by atoms with Crippen molar-refractivity contribution in [1.82, 2.24) is 0 Å². The molecule has 0 amide bonds. The molecule has 1 aliphatic heterocycles. The molecule has 0 aromatic heterocycles. The summed E-state index contributed by atoms with van der Waals surface area (Å²) in [6, 6.07) is 0. The molecule has 1 spiro atoms. The van der Waals surface area contributed by atoms with Crippen molar-refractivity contribution in [1.29, 1.82) is 0 Å². The molecule has 1 nitrogen and oxygen atoms in total. The molecule has 2 fully saturated rings. The normalized spacial score (nSPS) is 49.1. The van der Waals surface area contributed by atoms with Gasteiger partial charge in [0.05, 0.1) is 12.2 Å². The van der Waals surface area contributed by atoms with Crippen LogP contribution in [0.25, 0.3) is 0 Å². The first kappa shape index (κ1) is 10.8. The first-order valence-corrected chi connectivity index (χ1v) is 6.83. The van der Waals surface area contributed by atoms with Gasteiger partial charge in [-0.1, -0.05) is 25.5 Å². The molecule has 0 radical (unpaired) electrons. The van der Waals surface area contributed by atoms with Gasteiger partial charge >= 0.3 is 0 Å². The number of fused-ring (bicyclic) bond motifs is 2. The van der Waals surface area contributed by atoms with Crippen LogP contribution >= 0.6 is 0 Å². The number of hydrogen-bond acceptors (Lipinski definition) is 1. The zero-order chi connectivity index (χ0) is 11.4. The van der Waals surface area contributed by atoms with Gasteiger partial charge in [0.1, 0.15) is 0 Å². The maximum Gasteiger partial charge on any atom is 0.0950 e. The molecule has 0 bridgehead atoms. The molecular formula is C15H24O. The second-order valence-electron chi connectivity index (χ2n) is 6.89. The van der Waals surface area contributed by atoms with Crippen LogP contribution in [0.3, 0.4) is 0 Å². The highest BCUT2D eigenvalue weighted by Gasteiger charge is 2.62. The Morgan fingerprint density at radius 2 is 2.06 bits per heavy atom. The van der Waals surface area contributed by atoms with Crippen LogP contribution in [0.4, 0.5) is 0 Å². The van der Waals surface area contributed by atoms with Crippen LogP contribution in [0.1, 0.15) is 52.9 Å². The van der Waals surface area contributed by atoms with E-state index in [1.807, 2.05) is 0 Å². The Morgan fingerprint density at radius 3 is 2.69 bits per heavy atom. The SMILES string of the molecule is C/C1=C\CC[C@]2(CO2)[C@H]2CC(C)(C)[C@@H]2CC1. The topological polar surface area (TPSA) is 12.5 Å². The average Bonchev–Trinajstić information content (AvgIpc) is 2.94. The Hall–Kier alpha value is -0.300. The van der Waals surface area contributed by atoms with Crippen molar-refractivity contribution in [3.8, 4) is 0 Å². The Bertz CT molecular complexity index is 322. The largest absolute Gasteiger partial charge is 0.369 e.